The summed E-state index contributed by atoms with van der Waals surface area (Å²) >= 11 is 2.26. The zero-order chi connectivity index (χ0) is 14.1. The highest BCUT2D eigenvalue weighted by Gasteiger charge is 2.20. The van der Waals surface area contributed by atoms with Gasteiger partial charge in [-0.2, -0.15) is 0 Å². The number of rotatable bonds is 3. The van der Waals surface area contributed by atoms with Gasteiger partial charge in [-0.05, 0) is 40.8 Å². The molecule has 0 aliphatic carbocycles. The lowest BCUT2D eigenvalue weighted by Gasteiger charge is -2.01. The fourth-order valence-corrected chi connectivity index (χ4v) is 3.75. The summed E-state index contributed by atoms with van der Waals surface area (Å²) in [6.45, 7) is 1.93. The summed E-state index contributed by atoms with van der Waals surface area (Å²) < 4.78 is 19.5. The molecule has 2 aromatic carbocycles. The molecule has 0 N–H and O–H groups in total. The van der Waals surface area contributed by atoms with Gasteiger partial charge in [0.15, 0.2) is 5.76 Å². The van der Waals surface area contributed by atoms with Crippen LogP contribution in [0.1, 0.15) is 6.92 Å². The summed E-state index contributed by atoms with van der Waals surface area (Å²) in [5, 5.41) is 0.955. The Morgan fingerprint density at radius 2 is 1.90 bits per heavy atom. The molecule has 3 rings (SSSR count). The van der Waals surface area contributed by atoms with E-state index in [4.69, 9.17) is 4.42 Å². The molecular weight excluding hydrogens is 383 g/mol. The van der Waals surface area contributed by atoms with Crippen LogP contribution in [0.5, 0.6) is 0 Å². The van der Waals surface area contributed by atoms with E-state index in [9.17, 15) is 4.21 Å². The van der Waals surface area contributed by atoms with Gasteiger partial charge >= 0.3 is 0 Å². The SMILES string of the molecule is CCS(=O)c1c(-c2ccccc2)oc2ccc(I)cc12. The lowest BCUT2D eigenvalue weighted by Crippen LogP contribution is -1.95. The van der Waals surface area contributed by atoms with Crippen LogP contribution in [-0.2, 0) is 10.8 Å². The van der Waals surface area contributed by atoms with E-state index in [1.54, 1.807) is 0 Å². The van der Waals surface area contributed by atoms with Crippen LogP contribution in [0.25, 0.3) is 22.3 Å². The van der Waals surface area contributed by atoms with E-state index in [2.05, 4.69) is 22.6 Å². The van der Waals surface area contributed by atoms with Crippen molar-refractivity contribution in [3.8, 4) is 11.3 Å². The second-order valence-electron chi connectivity index (χ2n) is 4.40. The van der Waals surface area contributed by atoms with Crippen LogP contribution in [0.15, 0.2) is 57.8 Å². The third kappa shape index (κ3) is 2.42. The fraction of sp³-hybridized carbons (Fsp3) is 0.125. The number of hydrogen-bond donors (Lipinski definition) is 0. The van der Waals surface area contributed by atoms with Crippen molar-refractivity contribution in [2.24, 2.45) is 0 Å². The molecule has 1 aromatic heterocycles. The molecule has 0 radical (unpaired) electrons. The first-order valence-electron chi connectivity index (χ1n) is 6.36. The maximum absolute atomic E-state index is 12.4. The molecule has 2 nitrogen and oxygen atoms in total. The Morgan fingerprint density at radius 3 is 2.60 bits per heavy atom. The summed E-state index contributed by atoms with van der Waals surface area (Å²) in [6.07, 6.45) is 0. The van der Waals surface area contributed by atoms with Gasteiger partial charge in [0, 0.05) is 20.3 Å². The van der Waals surface area contributed by atoms with E-state index < -0.39 is 10.8 Å². The molecule has 1 atom stereocenters. The van der Waals surface area contributed by atoms with Gasteiger partial charge in [0.1, 0.15) is 5.58 Å². The van der Waals surface area contributed by atoms with Gasteiger partial charge < -0.3 is 4.42 Å². The first-order chi connectivity index (χ1) is 9.70. The normalized spacial score (nSPS) is 12.7. The molecule has 3 aromatic rings. The molecule has 102 valence electrons. The molecule has 0 saturated carbocycles. The van der Waals surface area contributed by atoms with Crippen LogP contribution in [0, 0.1) is 3.57 Å². The van der Waals surface area contributed by atoms with Gasteiger partial charge in [-0.3, -0.25) is 4.21 Å². The summed E-state index contributed by atoms with van der Waals surface area (Å²) in [5.74, 6) is 1.31. The zero-order valence-corrected chi connectivity index (χ0v) is 13.9. The van der Waals surface area contributed by atoms with E-state index in [-0.39, 0.29) is 0 Å². The Hall–Kier alpha value is -1.14. The first-order valence-corrected chi connectivity index (χ1v) is 8.76. The monoisotopic (exact) mass is 396 g/mol. The molecule has 4 heteroatoms. The van der Waals surface area contributed by atoms with Crippen LogP contribution >= 0.6 is 22.6 Å². The van der Waals surface area contributed by atoms with Gasteiger partial charge in [0.05, 0.1) is 15.7 Å². The van der Waals surface area contributed by atoms with Crippen LogP contribution in [0.3, 0.4) is 0 Å². The van der Waals surface area contributed by atoms with Crippen LogP contribution in [0.2, 0.25) is 0 Å². The number of benzene rings is 2. The van der Waals surface area contributed by atoms with Gasteiger partial charge in [0.25, 0.3) is 0 Å². The first kappa shape index (κ1) is 13.8. The molecule has 0 amide bonds. The van der Waals surface area contributed by atoms with E-state index in [0.717, 1.165) is 30.8 Å². The average molecular weight is 396 g/mol. The van der Waals surface area contributed by atoms with Crippen LogP contribution < -0.4 is 0 Å². The minimum Gasteiger partial charge on any atom is -0.455 e. The fourth-order valence-electron chi connectivity index (χ4n) is 2.20. The number of hydrogen-bond acceptors (Lipinski definition) is 2. The topological polar surface area (TPSA) is 30.2 Å². The number of fused-ring (bicyclic) bond motifs is 1. The molecule has 0 aliphatic heterocycles. The Labute approximate surface area is 133 Å². The quantitative estimate of drug-likeness (QED) is 0.594. The van der Waals surface area contributed by atoms with Crippen LogP contribution in [0.4, 0.5) is 0 Å². The number of halogens is 1. The molecular formula is C16H13IO2S. The summed E-state index contributed by atoms with van der Waals surface area (Å²) in [4.78, 5) is 0.812. The largest absolute Gasteiger partial charge is 0.455 e. The lowest BCUT2D eigenvalue weighted by molar-refractivity contribution is 0.622. The molecule has 0 fully saturated rings. The minimum atomic E-state index is -1.05. The van der Waals surface area contributed by atoms with E-state index in [1.165, 1.54) is 0 Å². The minimum absolute atomic E-state index is 0.583. The van der Waals surface area contributed by atoms with Crippen molar-refractivity contribution in [1.29, 1.82) is 0 Å². The molecule has 0 aliphatic rings. The predicted octanol–water partition coefficient (Wildman–Crippen LogP) is 4.83. The molecule has 1 heterocycles. The van der Waals surface area contributed by atoms with Gasteiger partial charge in [-0.1, -0.05) is 37.3 Å². The van der Waals surface area contributed by atoms with Crippen molar-refractivity contribution >= 4 is 44.4 Å². The van der Waals surface area contributed by atoms with Crippen molar-refractivity contribution in [2.45, 2.75) is 11.8 Å². The highest BCUT2D eigenvalue weighted by atomic mass is 127. The highest BCUT2D eigenvalue weighted by Crippen LogP contribution is 2.36. The van der Waals surface area contributed by atoms with Gasteiger partial charge in [-0.15, -0.1) is 0 Å². The maximum atomic E-state index is 12.4. The predicted molar refractivity (Wildman–Crippen MR) is 91.3 cm³/mol. The Kier molecular flexibility index (Phi) is 3.94. The summed E-state index contributed by atoms with van der Waals surface area (Å²) in [5.41, 5.74) is 1.76. The third-order valence-corrected chi connectivity index (χ3v) is 5.19. The van der Waals surface area contributed by atoms with E-state index in [0.29, 0.717) is 5.75 Å². The Bertz CT molecular complexity index is 778. The zero-order valence-electron chi connectivity index (χ0n) is 10.9. The van der Waals surface area contributed by atoms with Crippen molar-refractivity contribution in [2.75, 3.05) is 5.75 Å². The molecule has 1 unspecified atom stereocenters. The lowest BCUT2D eigenvalue weighted by atomic mass is 10.1. The molecule has 0 saturated heterocycles. The molecule has 0 bridgehead atoms. The summed E-state index contributed by atoms with van der Waals surface area (Å²) in [6, 6.07) is 15.8. The average Bonchev–Trinajstić information content (AvgIpc) is 2.86. The van der Waals surface area contributed by atoms with Crippen molar-refractivity contribution in [3.63, 3.8) is 0 Å². The van der Waals surface area contributed by atoms with Crippen molar-refractivity contribution < 1.29 is 8.63 Å². The second kappa shape index (κ2) is 5.69. The summed E-state index contributed by atoms with van der Waals surface area (Å²) in [7, 11) is -1.05. The second-order valence-corrected chi connectivity index (χ2v) is 7.32. The Morgan fingerprint density at radius 1 is 1.15 bits per heavy atom. The van der Waals surface area contributed by atoms with Gasteiger partial charge in [-0.25, -0.2) is 0 Å². The van der Waals surface area contributed by atoms with Crippen molar-refractivity contribution in [3.05, 3.63) is 52.1 Å². The van der Waals surface area contributed by atoms with Crippen LogP contribution in [-0.4, -0.2) is 9.96 Å². The molecule has 20 heavy (non-hydrogen) atoms. The molecule has 0 spiro atoms. The number of furan rings is 1. The van der Waals surface area contributed by atoms with E-state index >= 15 is 0 Å². The smallest absolute Gasteiger partial charge is 0.151 e. The standard InChI is InChI=1S/C16H13IO2S/c1-2-20(18)16-13-10-12(17)8-9-14(13)19-15(16)11-6-4-3-5-7-11/h3-10H,2H2,1H3. The van der Waals surface area contributed by atoms with Gasteiger partial charge in [0.2, 0.25) is 0 Å². The highest BCUT2D eigenvalue weighted by molar-refractivity contribution is 14.1. The Balaban J connectivity index is 2.34. The van der Waals surface area contributed by atoms with E-state index in [1.807, 2.05) is 55.5 Å². The van der Waals surface area contributed by atoms with Crippen molar-refractivity contribution in [1.82, 2.24) is 0 Å². The third-order valence-electron chi connectivity index (χ3n) is 3.13. The maximum Gasteiger partial charge on any atom is 0.151 e.